The summed E-state index contributed by atoms with van der Waals surface area (Å²) in [6, 6.07) is -3.31. The molecule has 145 heavy (non-hydrogen) atoms. The van der Waals surface area contributed by atoms with E-state index in [2.05, 4.69) is 59.7 Å². The lowest BCUT2D eigenvalue weighted by Crippen LogP contribution is -2.64. The van der Waals surface area contributed by atoms with E-state index in [0.717, 1.165) is 70.6 Å². The van der Waals surface area contributed by atoms with E-state index in [4.69, 9.17) is 65.5 Å². The summed E-state index contributed by atoms with van der Waals surface area (Å²) in [6.07, 6.45) is -0.300. The molecular weight excluding hydrogens is 1950 g/mol. The molecule has 0 aliphatic carbocycles. The number of aliphatic hydroxyl groups is 9. The van der Waals surface area contributed by atoms with Crippen LogP contribution >= 0.6 is 15.2 Å². The molecule has 4 fully saturated rings. The van der Waals surface area contributed by atoms with E-state index in [1.54, 1.807) is 18.0 Å². The fourth-order valence-corrected chi connectivity index (χ4v) is 18.1. The number of unbranched alkanes of at least 4 members (excludes halogenated alkanes) is 15. The molecule has 5 aliphatic heterocycles. The summed E-state index contributed by atoms with van der Waals surface area (Å²) in [5, 5.41) is 119. The van der Waals surface area contributed by atoms with Crippen molar-refractivity contribution in [1.29, 1.82) is 0 Å². The number of aliphatic hydroxyl groups excluding tert-OH is 9. The highest BCUT2D eigenvalue weighted by Gasteiger charge is 2.50. The van der Waals surface area contributed by atoms with Gasteiger partial charge in [0.2, 0.25) is 53.2 Å². The number of amides is 10. The first-order valence-corrected chi connectivity index (χ1v) is 55.0. The smallest absolute Gasteiger partial charge is 0.327 e. The van der Waals surface area contributed by atoms with Crippen LogP contribution in [0.15, 0.2) is 24.2 Å². The zero-order valence-electron chi connectivity index (χ0n) is 85.5. The predicted octanol–water partition coefficient (Wildman–Crippen LogP) is 0.997. The Morgan fingerprint density at radius 2 is 0.752 bits per heavy atom. The first kappa shape index (κ1) is 128. The number of rotatable bonds is 80. The van der Waals surface area contributed by atoms with Gasteiger partial charge < -0.3 is 169 Å². The molecule has 4 saturated heterocycles. The lowest BCUT2D eigenvalue weighted by Gasteiger charge is -2.42. The molecule has 0 saturated carbocycles. The SMILES string of the molecule is C=C1NC(=O)C(C)=CN1[C@H]1CC(OP(C)(=O)OC)[C@@H](COP(C)(=O)OCCCCCCCC(=O)CCCCCCCCCCC(=O)NC(COCCC(=O)NCCCCC(=O)CCCCO[C@@H]2OC(CO)[C@H](O)[C@H](O)C2NC(C)=O)(COCCC(=O)NCCCNC(=O)CCCCO[C@@H]2OC(CO)[C@H](O)[C@H](O)C2NC(C)=O)COCCC(=O)NCCCNC(=O)CCCCO[C@@H]2OC(CO)[C@H](O)[C@H](O)C2NC(C)=O)O1. The van der Waals surface area contributed by atoms with Crippen LogP contribution in [0.25, 0.3) is 0 Å². The molecule has 10 amide bonds. The van der Waals surface area contributed by atoms with Crippen molar-refractivity contribution in [2.24, 2.45) is 0 Å². The Bertz CT molecular complexity index is 3770. The molecule has 9 unspecified atom stereocenters. The second-order valence-electron chi connectivity index (χ2n) is 37.3. The molecule has 5 heterocycles. The third kappa shape index (κ3) is 52.0. The van der Waals surface area contributed by atoms with Crippen LogP contribution in [-0.2, 0) is 132 Å². The summed E-state index contributed by atoms with van der Waals surface area (Å²) in [5.41, 5.74) is -1.02. The summed E-state index contributed by atoms with van der Waals surface area (Å²) in [7, 11) is -5.76. The molecule has 50 heteroatoms. The van der Waals surface area contributed by atoms with Crippen LogP contribution in [-0.4, -0.2) is 383 Å². The maximum Gasteiger partial charge on any atom is 0.327 e. The monoisotopic (exact) mass is 2120 g/mol. The van der Waals surface area contributed by atoms with Crippen molar-refractivity contribution in [3.8, 4) is 0 Å². The molecule has 5 aliphatic rings. The maximum atomic E-state index is 14.2. The number of ketones is 2. The minimum absolute atomic E-state index is 0.0129. The minimum atomic E-state index is -3.55. The summed E-state index contributed by atoms with van der Waals surface area (Å²) in [4.78, 5) is 154. The van der Waals surface area contributed by atoms with Gasteiger partial charge >= 0.3 is 15.2 Å². The average Bonchev–Trinajstić information content (AvgIpc) is 1.57. The van der Waals surface area contributed by atoms with Crippen molar-refractivity contribution in [3.05, 3.63) is 24.2 Å². The Balaban J connectivity index is 1.09. The molecule has 0 aromatic heterocycles. The number of carbonyl (C=O) groups excluding carboxylic acids is 12. The lowest BCUT2D eigenvalue weighted by molar-refractivity contribution is -0.270. The van der Waals surface area contributed by atoms with E-state index in [9.17, 15) is 113 Å². The largest absolute Gasteiger partial charge is 0.394 e. The highest BCUT2D eigenvalue weighted by Crippen LogP contribution is 2.49. The van der Waals surface area contributed by atoms with Crippen LogP contribution in [0.1, 0.15) is 246 Å². The Morgan fingerprint density at radius 1 is 0.421 bits per heavy atom. The second kappa shape index (κ2) is 71.6. The summed E-state index contributed by atoms with van der Waals surface area (Å²) in [6.45, 7) is 10.2. The molecule has 19 N–H and O–H groups in total. The summed E-state index contributed by atoms with van der Waals surface area (Å²) >= 11 is 0. The van der Waals surface area contributed by atoms with Crippen LogP contribution in [0.4, 0.5) is 0 Å². The number of nitrogens with one attached hydrogen (secondary N) is 10. The summed E-state index contributed by atoms with van der Waals surface area (Å²) in [5.74, 6) is -3.34. The number of nitrogens with zero attached hydrogens (tertiary/aromatic N) is 1. The Hall–Kier alpha value is -7.14. The normalized spacial score (nSPS) is 25.0. The van der Waals surface area contributed by atoms with Gasteiger partial charge in [-0.15, -0.1) is 0 Å². The fourth-order valence-electron chi connectivity index (χ4n) is 16.4. The first-order chi connectivity index (χ1) is 69.2. The molecule has 0 radical (unpaired) electrons. The third-order valence-corrected chi connectivity index (χ3v) is 27.2. The number of hydrogen-bond acceptors (Lipinski definition) is 38. The number of ether oxygens (including phenoxy) is 10. The molecule has 0 aromatic rings. The molecule has 48 nitrogen and oxygen atoms in total. The van der Waals surface area contributed by atoms with Crippen LogP contribution in [0.2, 0.25) is 0 Å². The molecule has 5 rings (SSSR count). The van der Waals surface area contributed by atoms with Crippen molar-refractivity contribution >= 4 is 85.8 Å². The van der Waals surface area contributed by atoms with Gasteiger partial charge in [-0.2, -0.15) is 0 Å². The van der Waals surface area contributed by atoms with Crippen molar-refractivity contribution < 1.29 is 178 Å². The van der Waals surface area contributed by atoms with Crippen molar-refractivity contribution in [2.45, 2.75) is 362 Å². The molecular formula is C95H167N11O37P2. The van der Waals surface area contributed by atoms with E-state index in [1.165, 1.54) is 41.2 Å². The minimum Gasteiger partial charge on any atom is -0.394 e. The Kier molecular flexibility index (Phi) is 63.3. The molecule has 0 spiro atoms. The molecule has 0 aromatic carbocycles. The van der Waals surface area contributed by atoms with Gasteiger partial charge in [-0.05, 0) is 96.8 Å². The van der Waals surface area contributed by atoms with Crippen LogP contribution in [0.5, 0.6) is 0 Å². The van der Waals surface area contributed by atoms with Crippen LogP contribution in [0, 0.1) is 0 Å². The quantitative estimate of drug-likeness (QED) is 0.0298. The van der Waals surface area contributed by atoms with E-state index in [0.29, 0.717) is 95.5 Å². The van der Waals surface area contributed by atoms with Crippen molar-refractivity contribution in [1.82, 2.24) is 58.1 Å². The third-order valence-electron chi connectivity index (χ3n) is 24.6. The van der Waals surface area contributed by atoms with Gasteiger partial charge in [0.25, 0.3) is 5.91 Å². The Morgan fingerprint density at radius 3 is 1.13 bits per heavy atom. The number of carbonyl (C=O) groups is 12. The van der Waals surface area contributed by atoms with Gasteiger partial charge in [0.1, 0.15) is 108 Å². The number of Topliss-reactive ketones (excluding diaryl/α,β-unsaturated/α-hetero) is 2. The lowest BCUT2D eigenvalue weighted by atomic mass is 9.97. The van der Waals surface area contributed by atoms with Crippen molar-refractivity contribution in [2.75, 3.05) is 146 Å². The van der Waals surface area contributed by atoms with E-state index < -0.39 is 169 Å². The van der Waals surface area contributed by atoms with E-state index in [-0.39, 0.29) is 222 Å². The molecule has 834 valence electrons. The zero-order chi connectivity index (χ0) is 107. The maximum absolute atomic E-state index is 14.2. The van der Waals surface area contributed by atoms with Gasteiger partial charge in [0, 0.05) is 176 Å². The van der Waals surface area contributed by atoms with Gasteiger partial charge in [-0.25, -0.2) is 0 Å². The van der Waals surface area contributed by atoms with Gasteiger partial charge in [0.05, 0.1) is 78.8 Å². The average molecular weight is 2120 g/mol. The predicted molar refractivity (Wildman–Crippen MR) is 522 cm³/mol. The van der Waals surface area contributed by atoms with Crippen LogP contribution in [0.3, 0.4) is 0 Å². The first-order valence-electron chi connectivity index (χ1n) is 51.0. The highest BCUT2D eigenvalue weighted by atomic mass is 31.2. The van der Waals surface area contributed by atoms with Gasteiger partial charge in [0.15, 0.2) is 18.9 Å². The van der Waals surface area contributed by atoms with Gasteiger partial charge in [-0.1, -0.05) is 64.4 Å². The molecule has 0 bridgehead atoms. The van der Waals surface area contributed by atoms with E-state index >= 15 is 0 Å². The van der Waals surface area contributed by atoms with Crippen LogP contribution < -0.4 is 53.2 Å². The fraction of sp³-hybridized carbons (Fsp3) is 0.832. The number of hydrogen-bond donors (Lipinski definition) is 19. The second-order valence-corrected chi connectivity index (χ2v) is 41.5. The molecule has 20 atom stereocenters. The summed E-state index contributed by atoms with van der Waals surface area (Å²) < 4.78 is 107. The van der Waals surface area contributed by atoms with E-state index in [1.807, 2.05) is 0 Å². The highest BCUT2D eigenvalue weighted by molar-refractivity contribution is 7.53. The standard InChI is InChI=1S/C95H167N11O37P2/c1-63-55-106(64(2)101-91(63)127)81-54-70(143-144(7,128)130-6)74(139-81)59-138-145(8,129)137-50-26-17-13-15-19-33-68(113)32-18-14-11-9-10-12-16-20-38-80(120)105-95(60-131-51-39-77(117)96-42-25-21-34-69(114)35-22-27-47-134-92-82(102-65(3)110)88(124)85(121)71(56-107)140-92,61-132-52-40-78(118)99-45-30-43-97-75(115)36-23-28-48-135-93-83(103-66(4)111)89(125)86(122)72(57-108)141-93)62-133-53-41-79(119)100-46-31-44-98-76(116)37-24-29-49-136-94-84(104-67(5)112)90(126)87(123)73(58-109)142-94/h55,70-74,81-90,92-94,107-109,121-126H,2,9-54,56-62H2,1,3-8H3,(H,96,117)(H,97,115)(H,98,116)(H,99,118)(H,100,119)(H,101,127)(H,102,110)(H,103,111)(H,104,112)(H,105,120)/t70?,71?,72?,73?,74-,81-,82?,83?,84?,85+,86+,87+,88-,89-,90-,92-,93-,94-,95?,144?,145?/m1/s1. The topological polar surface area (TPSA) is 674 Å². The Labute approximate surface area is 849 Å². The zero-order valence-corrected chi connectivity index (χ0v) is 87.2. The van der Waals surface area contributed by atoms with Gasteiger partial charge in [-0.3, -0.25) is 66.7 Å². The van der Waals surface area contributed by atoms with Crippen molar-refractivity contribution in [3.63, 3.8) is 0 Å².